The van der Waals surface area contributed by atoms with E-state index in [1.54, 1.807) is 18.2 Å². The Morgan fingerprint density at radius 2 is 1.90 bits per heavy atom. The molecule has 0 aliphatic rings. The Balaban J connectivity index is 2.21. The molecule has 2 aromatic rings. The van der Waals surface area contributed by atoms with E-state index < -0.39 is 9.84 Å². The highest BCUT2D eigenvalue weighted by Crippen LogP contribution is 2.25. The third kappa shape index (κ3) is 4.22. The van der Waals surface area contributed by atoms with Crippen LogP contribution in [0.5, 0.6) is 0 Å². The highest BCUT2D eigenvalue weighted by Gasteiger charge is 2.09. The van der Waals surface area contributed by atoms with Gasteiger partial charge in [-0.05, 0) is 58.2 Å². The summed E-state index contributed by atoms with van der Waals surface area (Å²) in [6.07, 6.45) is 1.21. The lowest BCUT2D eigenvalue weighted by molar-refractivity contribution is 0.602. The number of sulfone groups is 1. The van der Waals surface area contributed by atoms with Gasteiger partial charge < -0.3 is 5.32 Å². The van der Waals surface area contributed by atoms with E-state index in [0.29, 0.717) is 16.5 Å². The van der Waals surface area contributed by atoms with Crippen LogP contribution in [0.25, 0.3) is 0 Å². The molecule has 0 aromatic heterocycles. The molecule has 2 rings (SSSR count). The van der Waals surface area contributed by atoms with Crippen LogP contribution >= 0.6 is 27.5 Å². The summed E-state index contributed by atoms with van der Waals surface area (Å²) in [6, 6.07) is 10.8. The van der Waals surface area contributed by atoms with Gasteiger partial charge in [0, 0.05) is 23.0 Å². The molecule has 0 radical (unpaired) electrons. The Bertz CT molecular complexity index is 775. The summed E-state index contributed by atoms with van der Waals surface area (Å²) < 4.78 is 24.0. The monoisotopic (exact) mass is 387 g/mol. The smallest absolute Gasteiger partial charge is 0.175 e. The second-order valence-electron chi connectivity index (χ2n) is 4.85. The van der Waals surface area contributed by atoms with Crippen LogP contribution in [0.1, 0.15) is 11.1 Å². The predicted octanol–water partition coefficient (Wildman–Crippen LogP) is 4.43. The van der Waals surface area contributed by atoms with Crippen molar-refractivity contribution in [3.63, 3.8) is 0 Å². The van der Waals surface area contributed by atoms with Gasteiger partial charge in [-0.25, -0.2) is 8.42 Å². The molecule has 0 saturated carbocycles. The van der Waals surface area contributed by atoms with Crippen LogP contribution in [0.4, 0.5) is 5.69 Å². The first-order valence-electron chi connectivity index (χ1n) is 6.26. The number of hydrogen-bond acceptors (Lipinski definition) is 3. The van der Waals surface area contributed by atoms with E-state index in [2.05, 4.69) is 21.2 Å². The maximum Gasteiger partial charge on any atom is 0.175 e. The molecule has 0 aliphatic carbocycles. The Kier molecular flexibility index (Phi) is 4.96. The normalized spacial score (nSPS) is 11.4. The van der Waals surface area contributed by atoms with Gasteiger partial charge in [-0.1, -0.05) is 23.7 Å². The molecule has 0 bridgehead atoms. The van der Waals surface area contributed by atoms with Crippen molar-refractivity contribution in [2.75, 3.05) is 11.6 Å². The van der Waals surface area contributed by atoms with E-state index in [1.807, 2.05) is 25.1 Å². The van der Waals surface area contributed by atoms with E-state index in [1.165, 1.54) is 6.26 Å². The van der Waals surface area contributed by atoms with Crippen molar-refractivity contribution in [3.05, 3.63) is 57.0 Å². The first-order valence-corrected chi connectivity index (χ1v) is 9.32. The molecule has 3 nitrogen and oxygen atoms in total. The van der Waals surface area contributed by atoms with Crippen LogP contribution in [-0.2, 0) is 16.4 Å². The summed E-state index contributed by atoms with van der Waals surface area (Å²) >= 11 is 9.35. The van der Waals surface area contributed by atoms with Crippen molar-refractivity contribution in [1.82, 2.24) is 0 Å². The zero-order chi connectivity index (χ0) is 15.6. The van der Waals surface area contributed by atoms with E-state index in [-0.39, 0.29) is 0 Å². The van der Waals surface area contributed by atoms with Crippen LogP contribution in [0.15, 0.2) is 45.8 Å². The largest absolute Gasteiger partial charge is 0.381 e. The number of benzene rings is 2. The summed E-state index contributed by atoms with van der Waals surface area (Å²) in [6.45, 7) is 2.52. The lowest BCUT2D eigenvalue weighted by Gasteiger charge is -2.11. The quantitative estimate of drug-likeness (QED) is 0.843. The molecule has 1 N–H and O–H groups in total. The van der Waals surface area contributed by atoms with Crippen molar-refractivity contribution >= 4 is 43.1 Å². The van der Waals surface area contributed by atoms with Gasteiger partial charge in [0.25, 0.3) is 0 Å². The van der Waals surface area contributed by atoms with Crippen molar-refractivity contribution in [2.45, 2.75) is 18.4 Å². The SMILES string of the molecule is Cc1ccc(S(C)(=O)=O)cc1NCc1ccc(Cl)c(Br)c1. The minimum Gasteiger partial charge on any atom is -0.381 e. The van der Waals surface area contributed by atoms with Gasteiger partial charge in [-0.3, -0.25) is 0 Å². The molecule has 112 valence electrons. The lowest BCUT2D eigenvalue weighted by atomic mass is 10.2. The third-order valence-electron chi connectivity index (χ3n) is 3.10. The third-order valence-corrected chi connectivity index (χ3v) is 5.43. The van der Waals surface area contributed by atoms with Gasteiger partial charge in [0.05, 0.1) is 9.92 Å². The van der Waals surface area contributed by atoms with Gasteiger partial charge in [0.15, 0.2) is 9.84 Å². The fraction of sp³-hybridized carbons (Fsp3) is 0.200. The minimum absolute atomic E-state index is 0.313. The fourth-order valence-corrected chi connectivity index (χ4v) is 3.06. The number of hydrogen-bond donors (Lipinski definition) is 1. The van der Waals surface area contributed by atoms with E-state index in [0.717, 1.165) is 21.3 Å². The van der Waals surface area contributed by atoms with Crippen molar-refractivity contribution in [2.24, 2.45) is 0 Å². The first-order chi connectivity index (χ1) is 9.77. The summed E-state index contributed by atoms with van der Waals surface area (Å²) in [7, 11) is -3.20. The van der Waals surface area contributed by atoms with Crippen molar-refractivity contribution < 1.29 is 8.42 Å². The van der Waals surface area contributed by atoms with Crippen molar-refractivity contribution in [1.29, 1.82) is 0 Å². The van der Waals surface area contributed by atoms with Gasteiger partial charge in [-0.2, -0.15) is 0 Å². The zero-order valence-corrected chi connectivity index (χ0v) is 14.8. The Labute approximate surface area is 138 Å². The molecule has 2 aromatic carbocycles. The van der Waals surface area contributed by atoms with Crippen LogP contribution in [0, 0.1) is 6.92 Å². The molecule has 0 amide bonds. The van der Waals surface area contributed by atoms with Crippen LogP contribution in [0.3, 0.4) is 0 Å². The fourth-order valence-electron chi connectivity index (χ4n) is 1.87. The molecular formula is C15H15BrClNO2S. The van der Waals surface area contributed by atoms with E-state index >= 15 is 0 Å². The Morgan fingerprint density at radius 1 is 1.19 bits per heavy atom. The first kappa shape index (κ1) is 16.3. The van der Waals surface area contributed by atoms with Crippen LogP contribution in [-0.4, -0.2) is 14.7 Å². The average Bonchev–Trinajstić information content (AvgIpc) is 2.40. The lowest BCUT2D eigenvalue weighted by Crippen LogP contribution is -2.04. The molecular weight excluding hydrogens is 374 g/mol. The highest BCUT2D eigenvalue weighted by molar-refractivity contribution is 9.10. The number of rotatable bonds is 4. The number of halogens is 2. The Morgan fingerprint density at radius 3 is 2.52 bits per heavy atom. The zero-order valence-electron chi connectivity index (χ0n) is 11.7. The second kappa shape index (κ2) is 6.38. The van der Waals surface area contributed by atoms with Gasteiger partial charge >= 0.3 is 0 Å². The number of anilines is 1. The van der Waals surface area contributed by atoms with Gasteiger partial charge in [0.2, 0.25) is 0 Å². The molecule has 0 spiro atoms. The van der Waals surface area contributed by atoms with E-state index in [9.17, 15) is 8.42 Å². The molecule has 21 heavy (non-hydrogen) atoms. The maximum absolute atomic E-state index is 11.6. The number of aryl methyl sites for hydroxylation is 1. The summed E-state index contributed by atoms with van der Waals surface area (Å²) in [4.78, 5) is 0.313. The molecule has 0 atom stereocenters. The molecule has 0 saturated heterocycles. The molecule has 0 unspecified atom stereocenters. The minimum atomic E-state index is -3.20. The Hall–Kier alpha value is -1.04. The number of nitrogens with one attached hydrogen (secondary N) is 1. The molecule has 0 fully saturated rings. The highest BCUT2D eigenvalue weighted by atomic mass is 79.9. The van der Waals surface area contributed by atoms with Gasteiger partial charge in [0.1, 0.15) is 0 Å². The topological polar surface area (TPSA) is 46.2 Å². The molecule has 6 heteroatoms. The summed E-state index contributed by atoms with van der Waals surface area (Å²) in [5, 5.41) is 3.92. The predicted molar refractivity (Wildman–Crippen MR) is 90.8 cm³/mol. The molecule has 0 heterocycles. The van der Waals surface area contributed by atoms with Crippen molar-refractivity contribution in [3.8, 4) is 0 Å². The maximum atomic E-state index is 11.6. The van der Waals surface area contributed by atoms with Crippen LogP contribution < -0.4 is 5.32 Å². The average molecular weight is 389 g/mol. The standard InChI is InChI=1S/C15H15BrClNO2S/c1-10-3-5-12(21(2,19)20)8-15(10)18-9-11-4-6-14(17)13(16)7-11/h3-8,18H,9H2,1-2H3. The van der Waals surface area contributed by atoms with Gasteiger partial charge in [-0.15, -0.1) is 0 Å². The van der Waals surface area contributed by atoms with Crippen LogP contribution in [0.2, 0.25) is 5.02 Å². The summed E-state index contributed by atoms with van der Waals surface area (Å²) in [5.74, 6) is 0. The second-order valence-corrected chi connectivity index (χ2v) is 8.13. The molecule has 0 aliphatic heterocycles. The summed E-state index contributed by atoms with van der Waals surface area (Å²) in [5.41, 5.74) is 2.86. The van der Waals surface area contributed by atoms with E-state index in [4.69, 9.17) is 11.6 Å².